The van der Waals surface area contributed by atoms with Gasteiger partial charge in [-0.3, -0.25) is 9.69 Å². The SMILES string of the molecule is O=C1CC(Cl)CN1c1nn[nH]n1. The van der Waals surface area contributed by atoms with Gasteiger partial charge in [0.1, 0.15) is 0 Å². The zero-order valence-electron chi connectivity index (χ0n) is 6.07. The lowest BCUT2D eigenvalue weighted by Gasteiger charge is -2.07. The summed E-state index contributed by atoms with van der Waals surface area (Å²) < 4.78 is 0. The van der Waals surface area contributed by atoms with Gasteiger partial charge in [0.25, 0.3) is 5.95 Å². The largest absolute Gasteiger partial charge is 0.277 e. The Hall–Kier alpha value is -1.17. The van der Waals surface area contributed by atoms with E-state index in [1.807, 2.05) is 0 Å². The van der Waals surface area contributed by atoms with Crippen molar-refractivity contribution in [2.75, 3.05) is 11.4 Å². The highest BCUT2D eigenvalue weighted by molar-refractivity contribution is 6.24. The molecule has 0 radical (unpaired) electrons. The molecule has 2 heterocycles. The van der Waals surface area contributed by atoms with Crippen molar-refractivity contribution in [3.05, 3.63) is 0 Å². The van der Waals surface area contributed by atoms with Crippen LogP contribution in [-0.2, 0) is 4.79 Å². The fraction of sp³-hybridized carbons (Fsp3) is 0.600. The zero-order valence-corrected chi connectivity index (χ0v) is 6.82. The van der Waals surface area contributed by atoms with E-state index in [1.165, 1.54) is 4.90 Å². The van der Waals surface area contributed by atoms with E-state index in [0.717, 1.165) is 0 Å². The monoisotopic (exact) mass is 187 g/mol. The number of nitrogens with zero attached hydrogens (tertiary/aromatic N) is 4. The number of anilines is 1. The summed E-state index contributed by atoms with van der Waals surface area (Å²) in [6.07, 6.45) is 0.343. The Kier molecular flexibility index (Phi) is 1.69. The Morgan fingerprint density at radius 1 is 1.67 bits per heavy atom. The maximum absolute atomic E-state index is 11.2. The molecule has 1 aliphatic heterocycles. The number of amides is 1. The average Bonchev–Trinajstić information content (AvgIpc) is 2.58. The van der Waals surface area contributed by atoms with Gasteiger partial charge in [-0.25, -0.2) is 0 Å². The Morgan fingerprint density at radius 2 is 2.50 bits per heavy atom. The second-order valence-electron chi connectivity index (χ2n) is 2.52. The predicted octanol–water partition coefficient (Wildman–Crippen LogP) is -0.456. The minimum atomic E-state index is -0.143. The number of tetrazole rings is 1. The van der Waals surface area contributed by atoms with Crippen LogP contribution in [0, 0.1) is 0 Å². The molecule has 7 heteroatoms. The third-order valence-corrected chi connectivity index (χ3v) is 1.95. The molecule has 1 aromatic rings. The lowest BCUT2D eigenvalue weighted by Crippen LogP contribution is -2.25. The summed E-state index contributed by atoms with van der Waals surface area (Å²) in [6, 6.07) is 0. The molecule has 0 spiro atoms. The summed E-state index contributed by atoms with van der Waals surface area (Å²) in [7, 11) is 0. The number of carbonyl (C=O) groups excluding carboxylic acids is 1. The zero-order chi connectivity index (χ0) is 8.55. The molecule has 1 fully saturated rings. The molecule has 0 saturated carbocycles. The van der Waals surface area contributed by atoms with E-state index in [4.69, 9.17) is 11.6 Å². The Labute approximate surface area is 72.9 Å². The summed E-state index contributed by atoms with van der Waals surface area (Å²) in [5.74, 6) is 0.236. The van der Waals surface area contributed by atoms with Crippen LogP contribution in [-0.4, -0.2) is 38.5 Å². The summed E-state index contributed by atoms with van der Waals surface area (Å²) in [5, 5.41) is 12.8. The third-order valence-electron chi connectivity index (χ3n) is 1.65. The van der Waals surface area contributed by atoms with Gasteiger partial charge in [0, 0.05) is 13.0 Å². The van der Waals surface area contributed by atoms with Crippen LogP contribution in [0.4, 0.5) is 5.95 Å². The first kappa shape index (κ1) is 7.48. The topological polar surface area (TPSA) is 74.8 Å². The number of H-pyrrole nitrogens is 1. The van der Waals surface area contributed by atoms with E-state index in [2.05, 4.69) is 20.6 Å². The van der Waals surface area contributed by atoms with Crippen LogP contribution < -0.4 is 4.90 Å². The van der Waals surface area contributed by atoms with Gasteiger partial charge in [-0.1, -0.05) is 5.10 Å². The molecule has 2 rings (SSSR count). The molecule has 12 heavy (non-hydrogen) atoms. The van der Waals surface area contributed by atoms with Crippen LogP contribution in [0.15, 0.2) is 0 Å². The van der Waals surface area contributed by atoms with Crippen LogP contribution >= 0.6 is 11.6 Å². The number of aromatic nitrogens is 4. The van der Waals surface area contributed by atoms with E-state index in [0.29, 0.717) is 18.9 Å². The lowest BCUT2D eigenvalue weighted by molar-refractivity contribution is -0.117. The van der Waals surface area contributed by atoms with E-state index in [9.17, 15) is 4.79 Å². The Balaban J connectivity index is 2.21. The van der Waals surface area contributed by atoms with Crippen LogP contribution in [0.3, 0.4) is 0 Å². The molecule has 0 aliphatic carbocycles. The number of aromatic amines is 1. The molecule has 0 bridgehead atoms. The molecule has 1 N–H and O–H groups in total. The standard InChI is InChI=1S/C5H6ClN5O/c6-3-1-4(12)11(2-3)5-7-9-10-8-5/h3H,1-2H2,(H,7,8,9,10). The first-order valence-corrected chi connectivity index (χ1v) is 3.89. The molecule has 1 aromatic heterocycles. The lowest BCUT2D eigenvalue weighted by atomic mass is 10.4. The summed E-state index contributed by atoms with van der Waals surface area (Å²) in [5.41, 5.74) is 0. The number of hydrogen-bond acceptors (Lipinski definition) is 4. The molecule has 1 saturated heterocycles. The molecular weight excluding hydrogens is 182 g/mol. The van der Waals surface area contributed by atoms with Crippen molar-refractivity contribution in [2.24, 2.45) is 0 Å². The molecule has 64 valence electrons. The molecule has 6 nitrogen and oxygen atoms in total. The van der Waals surface area contributed by atoms with Crippen molar-refractivity contribution in [3.63, 3.8) is 0 Å². The van der Waals surface area contributed by atoms with Crippen LogP contribution in [0.2, 0.25) is 0 Å². The third kappa shape index (κ3) is 1.14. The summed E-state index contributed by atoms with van der Waals surface area (Å²) in [6.45, 7) is 0.458. The quantitative estimate of drug-likeness (QED) is 0.604. The fourth-order valence-corrected chi connectivity index (χ4v) is 1.40. The van der Waals surface area contributed by atoms with Gasteiger partial charge in [-0.05, 0) is 5.21 Å². The van der Waals surface area contributed by atoms with Gasteiger partial charge in [0.15, 0.2) is 0 Å². The molecule has 1 amide bonds. The number of hydrogen-bond donors (Lipinski definition) is 1. The van der Waals surface area contributed by atoms with Crippen LogP contribution in [0.25, 0.3) is 0 Å². The molecule has 1 aliphatic rings. The highest BCUT2D eigenvalue weighted by atomic mass is 35.5. The van der Waals surface area contributed by atoms with E-state index in [1.54, 1.807) is 0 Å². The number of rotatable bonds is 1. The minimum Gasteiger partial charge on any atom is -0.277 e. The van der Waals surface area contributed by atoms with Crippen LogP contribution in [0.5, 0.6) is 0 Å². The number of nitrogens with one attached hydrogen (secondary N) is 1. The van der Waals surface area contributed by atoms with E-state index in [-0.39, 0.29) is 11.3 Å². The smallest absolute Gasteiger partial charge is 0.272 e. The van der Waals surface area contributed by atoms with E-state index >= 15 is 0 Å². The Morgan fingerprint density at radius 3 is 3.00 bits per heavy atom. The highest BCUT2D eigenvalue weighted by Gasteiger charge is 2.31. The van der Waals surface area contributed by atoms with Gasteiger partial charge in [0.05, 0.1) is 5.38 Å². The first-order valence-electron chi connectivity index (χ1n) is 3.45. The average molecular weight is 188 g/mol. The van der Waals surface area contributed by atoms with Crippen molar-refractivity contribution in [1.29, 1.82) is 0 Å². The van der Waals surface area contributed by atoms with Crippen LogP contribution in [0.1, 0.15) is 6.42 Å². The van der Waals surface area contributed by atoms with Crippen molar-refractivity contribution < 1.29 is 4.79 Å². The molecule has 0 aromatic carbocycles. The van der Waals surface area contributed by atoms with Gasteiger partial charge >= 0.3 is 0 Å². The molecule has 1 unspecified atom stereocenters. The normalized spacial score (nSPS) is 23.6. The second kappa shape index (κ2) is 2.71. The van der Waals surface area contributed by atoms with Crippen molar-refractivity contribution in [2.45, 2.75) is 11.8 Å². The Bertz CT molecular complexity index is 286. The molecule has 1 atom stereocenters. The van der Waals surface area contributed by atoms with Crippen molar-refractivity contribution in [3.8, 4) is 0 Å². The van der Waals surface area contributed by atoms with Gasteiger partial charge in [-0.15, -0.1) is 16.7 Å². The predicted molar refractivity (Wildman–Crippen MR) is 40.8 cm³/mol. The second-order valence-corrected chi connectivity index (χ2v) is 3.13. The maximum Gasteiger partial charge on any atom is 0.272 e. The number of halogens is 1. The van der Waals surface area contributed by atoms with Crippen molar-refractivity contribution >= 4 is 23.5 Å². The van der Waals surface area contributed by atoms with E-state index < -0.39 is 0 Å². The maximum atomic E-state index is 11.2. The van der Waals surface area contributed by atoms with Gasteiger partial charge in [0.2, 0.25) is 5.91 Å². The fourth-order valence-electron chi connectivity index (χ4n) is 1.13. The number of carbonyl (C=O) groups is 1. The summed E-state index contributed by atoms with van der Waals surface area (Å²) in [4.78, 5) is 12.6. The first-order chi connectivity index (χ1) is 5.77. The number of alkyl halides is 1. The summed E-state index contributed by atoms with van der Waals surface area (Å²) >= 11 is 5.77. The minimum absolute atomic E-state index is 0.0589. The highest BCUT2D eigenvalue weighted by Crippen LogP contribution is 2.19. The van der Waals surface area contributed by atoms with Gasteiger partial charge in [-0.2, -0.15) is 5.21 Å². The van der Waals surface area contributed by atoms with Gasteiger partial charge < -0.3 is 0 Å². The molecular formula is C5H6ClN5O. The van der Waals surface area contributed by atoms with Crippen molar-refractivity contribution in [1.82, 2.24) is 20.6 Å².